The van der Waals surface area contributed by atoms with Crippen molar-refractivity contribution >= 4 is 15.9 Å². The average Bonchev–Trinajstić information content (AvgIpc) is 2.16. The van der Waals surface area contributed by atoms with Crippen molar-refractivity contribution in [3.63, 3.8) is 0 Å². The first-order valence-corrected chi connectivity index (χ1v) is 5.77. The number of ether oxygens (including phenoxy) is 1. The number of nitriles is 1. The molecule has 0 radical (unpaired) electrons. The fourth-order valence-electron chi connectivity index (χ4n) is 1.92. The topological polar surface area (TPSA) is 33.0 Å². The molecule has 3 heteroatoms. The lowest BCUT2D eigenvalue weighted by Gasteiger charge is -2.41. The van der Waals surface area contributed by atoms with Crippen LogP contribution < -0.4 is 0 Å². The van der Waals surface area contributed by atoms with Crippen molar-refractivity contribution in [2.75, 3.05) is 13.2 Å². The van der Waals surface area contributed by atoms with E-state index >= 15 is 0 Å². The van der Waals surface area contributed by atoms with Crippen molar-refractivity contribution in [3.05, 3.63) is 34.3 Å². The lowest BCUT2D eigenvalue weighted by atomic mass is 9.75. The van der Waals surface area contributed by atoms with Gasteiger partial charge in [0.15, 0.2) is 0 Å². The second-order valence-corrected chi connectivity index (χ2v) is 4.86. The molecule has 2 rings (SSSR count). The van der Waals surface area contributed by atoms with Crippen molar-refractivity contribution in [2.45, 2.75) is 18.3 Å². The summed E-state index contributed by atoms with van der Waals surface area (Å²) in [7, 11) is 0. The highest BCUT2D eigenvalue weighted by Crippen LogP contribution is 2.37. The van der Waals surface area contributed by atoms with Crippen LogP contribution in [0.3, 0.4) is 0 Å². The highest BCUT2D eigenvalue weighted by molar-refractivity contribution is 9.10. The normalized spacial score (nSPS) is 17.9. The van der Waals surface area contributed by atoms with Gasteiger partial charge in [0.05, 0.1) is 19.3 Å². The Morgan fingerprint density at radius 2 is 2.27 bits per heavy atom. The van der Waals surface area contributed by atoms with E-state index in [1.54, 1.807) is 0 Å². The zero-order valence-corrected chi connectivity index (χ0v) is 9.96. The van der Waals surface area contributed by atoms with Gasteiger partial charge in [0.2, 0.25) is 0 Å². The molecule has 78 valence electrons. The second kappa shape index (κ2) is 4.34. The van der Waals surface area contributed by atoms with E-state index in [9.17, 15) is 0 Å². The first-order chi connectivity index (χ1) is 7.27. The maximum Gasteiger partial charge on any atom is 0.0622 e. The molecule has 0 bridgehead atoms. The summed E-state index contributed by atoms with van der Waals surface area (Å²) in [6, 6.07) is 10.5. The van der Waals surface area contributed by atoms with Crippen LogP contribution in [0.4, 0.5) is 0 Å². The highest BCUT2D eigenvalue weighted by Gasteiger charge is 2.39. The van der Waals surface area contributed by atoms with E-state index < -0.39 is 0 Å². The van der Waals surface area contributed by atoms with Gasteiger partial charge in [0, 0.05) is 16.3 Å². The quantitative estimate of drug-likeness (QED) is 0.842. The van der Waals surface area contributed by atoms with Gasteiger partial charge in [-0.2, -0.15) is 5.26 Å². The van der Waals surface area contributed by atoms with Crippen molar-refractivity contribution in [1.29, 1.82) is 5.26 Å². The van der Waals surface area contributed by atoms with Gasteiger partial charge in [0.1, 0.15) is 0 Å². The summed E-state index contributed by atoms with van der Waals surface area (Å²) in [6.45, 7) is 1.48. The molecule has 1 heterocycles. The molecule has 1 aliphatic rings. The molecule has 1 aromatic carbocycles. The molecule has 1 saturated heterocycles. The number of hydrogen-bond donors (Lipinski definition) is 0. The molecule has 0 N–H and O–H groups in total. The molecule has 0 aliphatic carbocycles. The minimum atomic E-state index is 0.0828. The van der Waals surface area contributed by atoms with Gasteiger partial charge >= 0.3 is 0 Å². The van der Waals surface area contributed by atoms with Crippen LogP contribution in [0, 0.1) is 11.3 Å². The monoisotopic (exact) mass is 265 g/mol. The predicted octanol–water partition coefficient (Wildman–Crippen LogP) is 3.02. The summed E-state index contributed by atoms with van der Waals surface area (Å²) in [4.78, 5) is 0. The lowest BCUT2D eigenvalue weighted by Crippen LogP contribution is -2.46. The number of rotatable bonds is 3. The summed E-state index contributed by atoms with van der Waals surface area (Å²) >= 11 is 3.47. The first kappa shape index (κ1) is 10.7. The lowest BCUT2D eigenvalue weighted by molar-refractivity contribution is -0.0637. The molecule has 1 fully saturated rings. The Kier molecular flexibility index (Phi) is 3.08. The molecular weight excluding hydrogens is 254 g/mol. The van der Waals surface area contributed by atoms with E-state index in [0.717, 1.165) is 24.1 Å². The Bertz CT molecular complexity index is 393. The Hall–Kier alpha value is -0.850. The van der Waals surface area contributed by atoms with Gasteiger partial charge in [-0.25, -0.2) is 0 Å². The highest BCUT2D eigenvalue weighted by atomic mass is 79.9. The summed E-state index contributed by atoms with van der Waals surface area (Å²) in [6.07, 6.45) is 1.48. The molecule has 1 aromatic rings. The third kappa shape index (κ3) is 2.06. The van der Waals surface area contributed by atoms with Gasteiger partial charge < -0.3 is 4.74 Å². The fourth-order valence-corrected chi connectivity index (χ4v) is 2.32. The minimum Gasteiger partial charge on any atom is -0.379 e. The van der Waals surface area contributed by atoms with Gasteiger partial charge in [-0.3, -0.25) is 0 Å². The molecule has 0 spiro atoms. The molecular formula is C12H12BrNO. The maximum absolute atomic E-state index is 8.65. The van der Waals surface area contributed by atoms with Crippen molar-refractivity contribution in [3.8, 4) is 6.07 Å². The van der Waals surface area contributed by atoms with E-state index in [-0.39, 0.29) is 5.41 Å². The minimum absolute atomic E-state index is 0.0828. The number of hydrogen-bond acceptors (Lipinski definition) is 2. The molecule has 15 heavy (non-hydrogen) atoms. The molecule has 0 unspecified atom stereocenters. The summed E-state index contributed by atoms with van der Waals surface area (Å²) in [5.74, 6) is 0. The molecule has 2 nitrogen and oxygen atoms in total. The van der Waals surface area contributed by atoms with Crippen molar-refractivity contribution in [1.82, 2.24) is 0 Å². The number of nitrogens with zero attached hydrogens (tertiary/aromatic N) is 1. The summed E-state index contributed by atoms with van der Waals surface area (Å²) in [5.41, 5.74) is 1.36. The molecule has 0 amide bonds. The Labute approximate surface area is 98.0 Å². The molecule has 0 atom stereocenters. The zero-order chi connectivity index (χ0) is 10.7. The van der Waals surface area contributed by atoms with E-state index in [1.807, 2.05) is 12.1 Å². The first-order valence-electron chi connectivity index (χ1n) is 4.98. The van der Waals surface area contributed by atoms with Crippen LogP contribution in [0.15, 0.2) is 28.7 Å². The predicted molar refractivity (Wildman–Crippen MR) is 61.5 cm³/mol. The Morgan fingerprint density at radius 1 is 1.47 bits per heavy atom. The van der Waals surface area contributed by atoms with E-state index in [0.29, 0.717) is 6.42 Å². The van der Waals surface area contributed by atoms with Crippen molar-refractivity contribution in [2.24, 2.45) is 0 Å². The van der Waals surface area contributed by atoms with Gasteiger partial charge in [-0.15, -0.1) is 0 Å². The summed E-state index contributed by atoms with van der Waals surface area (Å²) in [5, 5.41) is 8.65. The molecule has 0 saturated carbocycles. The van der Waals surface area contributed by atoms with Gasteiger partial charge in [0.25, 0.3) is 0 Å². The van der Waals surface area contributed by atoms with Crippen molar-refractivity contribution < 1.29 is 4.74 Å². The van der Waals surface area contributed by atoms with Crippen LogP contribution in [0.2, 0.25) is 0 Å². The molecule has 1 aliphatic heterocycles. The second-order valence-electron chi connectivity index (χ2n) is 3.94. The third-order valence-corrected chi connectivity index (χ3v) is 3.40. The van der Waals surface area contributed by atoms with Crippen LogP contribution in [-0.2, 0) is 10.2 Å². The Balaban J connectivity index is 2.23. The van der Waals surface area contributed by atoms with Gasteiger partial charge in [-0.05, 0) is 24.1 Å². The van der Waals surface area contributed by atoms with Crippen LogP contribution >= 0.6 is 15.9 Å². The average molecular weight is 266 g/mol. The standard InChI is InChI=1S/C12H12BrNO/c13-11-4-1-3-10(7-11)12(5-2-6-14)8-15-9-12/h1,3-4,7H,2,5,8-9H2. The Morgan fingerprint density at radius 3 is 2.80 bits per heavy atom. The van der Waals surface area contributed by atoms with Crippen LogP contribution in [0.25, 0.3) is 0 Å². The van der Waals surface area contributed by atoms with Gasteiger partial charge in [-0.1, -0.05) is 28.1 Å². The smallest absolute Gasteiger partial charge is 0.0622 e. The largest absolute Gasteiger partial charge is 0.379 e. The number of halogens is 1. The van der Waals surface area contributed by atoms with E-state index in [1.165, 1.54) is 5.56 Å². The molecule has 0 aromatic heterocycles. The third-order valence-electron chi connectivity index (χ3n) is 2.91. The maximum atomic E-state index is 8.65. The SMILES string of the molecule is N#CCCC1(c2cccc(Br)c2)COC1. The van der Waals surface area contributed by atoms with Crippen LogP contribution in [-0.4, -0.2) is 13.2 Å². The van der Waals surface area contributed by atoms with E-state index in [4.69, 9.17) is 10.00 Å². The van der Waals surface area contributed by atoms with Crippen LogP contribution in [0.5, 0.6) is 0 Å². The van der Waals surface area contributed by atoms with E-state index in [2.05, 4.69) is 34.1 Å². The van der Waals surface area contributed by atoms with Crippen LogP contribution in [0.1, 0.15) is 18.4 Å². The zero-order valence-electron chi connectivity index (χ0n) is 8.37. The summed E-state index contributed by atoms with van der Waals surface area (Å²) < 4.78 is 6.39. The number of benzene rings is 1. The fraction of sp³-hybridized carbons (Fsp3) is 0.417.